The minimum Gasteiger partial charge on any atom is -0.464 e. The molecule has 1 amide bonds. The fraction of sp³-hybridized carbons (Fsp3) is 0.857. The van der Waals surface area contributed by atoms with Gasteiger partial charge in [-0.3, -0.25) is 14.5 Å². The van der Waals surface area contributed by atoms with E-state index < -0.39 is 0 Å². The zero-order valence-corrected chi connectivity index (χ0v) is 31.2. The van der Waals surface area contributed by atoms with E-state index in [1.807, 2.05) is 0 Å². The van der Waals surface area contributed by atoms with E-state index in [0.29, 0.717) is 13.0 Å². The molecule has 0 N–H and O–H groups in total. The van der Waals surface area contributed by atoms with Gasteiger partial charge < -0.3 is 9.64 Å². The summed E-state index contributed by atoms with van der Waals surface area (Å²) in [4.78, 5) is 30.9. The predicted molar refractivity (Wildman–Crippen MR) is 201 cm³/mol. The van der Waals surface area contributed by atoms with Gasteiger partial charge in [-0.2, -0.15) is 0 Å². The number of rotatable bonds is 30. The quantitative estimate of drug-likeness (QED) is 0.0438. The van der Waals surface area contributed by atoms with E-state index >= 15 is 0 Å². The van der Waals surface area contributed by atoms with Crippen molar-refractivity contribution in [2.75, 3.05) is 32.8 Å². The van der Waals surface area contributed by atoms with Gasteiger partial charge in [0.1, 0.15) is 6.61 Å². The third kappa shape index (κ3) is 20.5. The first-order chi connectivity index (χ1) is 23.2. The molecule has 0 spiro atoms. The number of hydrogen-bond acceptors (Lipinski definition) is 4. The van der Waals surface area contributed by atoms with E-state index in [1.165, 1.54) is 141 Å². The van der Waals surface area contributed by atoms with Gasteiger partial charge in [0.15, 0.2) is 0 Å². The van der Waals surface area contributed by atoms with Gasteiger partial charge in [-0.05, 0) is 70.9 Å². The van der Waals surface area contributed by atoms with Crippen LogP contribution in [-0.2, 0) is 14.3 Å². The predicted octanol–water partition coefficient (Wildman–Crippen LogP) is 11.4. The van der Waals surface area contributed by atoms with Crippen LogP contribution in [0.3, 0.4) is 0 Å². The van der Waals surface area contributed by atoms with Crippen molar-refractivity contribution >= 4 is 11.9 Å². The Bertz CT molecular complexity index is 819. The molecule has 0 saturated carbocycles. The van der Waals surface area contributed by atoms with Crippen molar-refractivity contribution in [3.63, 3.8) is 0 Å². The lowest BCUT2D eigenvalue weighted by molar-refractivity contribution is -0.150. The van der Waals surface area contributed by atoms with Crippen molar-refractivity contribution in [2.24, 2.45) is 5.92 Å². The molecule has 2 aliphatic heterocycles. The molecule has 272 valence electrons. The number of hydrogen-bond donors (Lipinski definition) is 0. The summed E-state index contributed by atoms with van der Waals surface area (Å²) in [5, 5.41) is 0. The number of carbonyl (C=O) groups is 2. The molecule has 0 unspecified atom stereocenters. The smallest absolute Gasteiger partial charge is 0.311 e. The Kier molecular flexibility index (Phi) is 25.9. The van der Waals surface area contributed by atoms with Gasteiger partial charge in [-0.1, -0.05) is 147 Å². The van der Waals surface area contributed by atoms with Crippen molar-refractivity contribution < 1.29 is 14.3 Å². The molecule has 0 aromatic rings. The van der Waals surface area contributed by atoms with Crippen LogP contribution in [-0.4, -0.2) is 60.5 Å². The summed E-state index contributed by atoms with van der Waals surface area (Å²) in [6, 6.07) is 0.0226. The Morgan fingerprint density at radius 1 is 0.660 bits per heavy atom. The molecule has 5 nitrogen and oxygen atoms in total. The highest BCUT2D eigenvalue weighted by atomic mass is 16.5. The van der Waals surface area contributed by atoms with Gasteiger partial charge in [0.2, 0.25) is 5.91 Å². The fourth-order valence-electron chi connectivity index (χ4n) is 7.41. The number of likely N-dealkylation sites (tertiary alicyclic amines) is 2. The largest absolute Gasteiger partial charge is 0.464 e. The summed E-state index contributed by atoms with van der Waals surface area (Å²) in [6.45, 7) is 8.84. The van der Waals surface area contributed by atoms with E-state index in [4.69, 9.17) is 4.74 Å². The second-order valence-electron chi connectivity index (χ2n) is 14.6. The lowest BCUT2D eigenvalue weighted by Crippen LogP contribution is -2.39. The highest BCUT2D eigenvalue weighted by molar-refractivity contribution is 5.87. The zero-order chi connectivity index (χ0) is 33.6. The molecular formula is C42H76N2O3. The van der Waals surface area contributed by atoms with Crippen LogP contribution in [0.1, 0.15) is 187 Å². The maximum Gasteiger partial charge on any atom is 0.311 e. The van der Waals surface area contributed by atoms with Crippen molar-refractivity contribution in [1.29, 1.82) is 0 Å². The zero-order valence-electron chi connectivity index (χ0n) is 31.2. The molecule has 47 heavy (non-hydrogen) atoms. The standard InChI is InChI=1S/C42H76N2O3/c1-3-5-7-9-11-13-15-16-17-18-19-20-21-23-25-28-32-40-39(42(46)47-37-36-43-33-29-27-30-34-43)38-41(45)44(40)35-31-26-24-22-14-12-10-8-6-4-2/h11,13,16-17,39-40H,3-10,12,14-15,18-38H2,1-2H3/b13-11-,17-16-/t39-,40+/m0/s1. The maximum absolute atomic E-state index is 13.3. The van der Waals surface area contributed by atoms with Gasteiger partial charge in [-0.25, -0.2) is 0 Å². The number of carbonyl (C=O) groups excluding carboxylic acids is 2. The first-order valence-electron chi connectivity index (χ1n) is 20.7. The highest BCUT2D eigenvalue weighted by Crippen LogP contribution is 2.31. The van der Waals surface area contributed by atoms with Gasteiger partial charge in [0, 0.05) is 25.6 Å². The number of unbranched alkanes of at least 4 members (excludes halogenated alkanes) is 18. The van der Waals surface area contributed by atoms with Crippen molar-refractivity contribution in [1.82, 2.24) is 9.80 Å². The summed E-state index contributed by atoms with van der Waals surface area (Å²) in [5.74, 6) is -0.250. The van der Waals surface area contributed by atoms with E-state index in [1.54, 1.807) is 0 Å². The molecule has 2 atom stereocenters. The number of nitrogens with zero attached hydrogens (tertiary/aromatic N) is 2. The minimum atomic E-state index is -0.287. The number of piperidine rings is 1. The highest BCUT2D eigenvalue weighted by Gasteiger charge is 2.43. The fourth-order valence-corrected chi connectivity index (χ4v) is 7.41. The topological polar surface area (TPSA) is 49.9 Å². The molecule has 0 aliphatic carbocycles. The van der Waals surface area contributed by atoms with Crippen LogP contribution < -0.4 is 0 Å². The van der Waals surface area contributed by atoms with Crippen molar-refractivity contribution in [3.8, 4) is 0 Å². The average molecular weight is 657 g/mol. The van der Waals surface area contributed by atoms with Crippen LogP contribution in [0.25, 0.3) is 0 Å². The van der Waals surface area contributed by atoms with Gasteiger partial charge in [0.25, 0.3) is 0 Å². The molecule has 5 heteroatoms. The molecule has 2 fully saturated rings. The molecule has 2 rings (SSSR count). The van der Waals surface area contributed by atoms with E-state index in [0.717, 1.165) is 51.9 Å². The molecule has 0 bridgehead atoms. The Balaban J connectivity index is 1.68. The number of ether oxygens (including phenoxy) is 1. The third-order valence-corrected chi connectivity index (χ3v) is 10.4. The normalized spacial score (nSPS) is 19.1. The second-order valence-corrected chi connectivity index (χ2v) is 14.6. The minimum absolute atomic E-state index is 0.0226. The van der Waals surface area contributed by atoms with Crippen LogP contribution in [0.5, 0.6) is 0 Å². The van der Waals surface area contributed by atoms with E-state index in [-0.39, 0.29) is 23.8 Å². The van der Waals surface area contributed by atoms with Crippen LogP contribution in [0.2, 0.25) is 0 Å². The van der Waals surface area contributed by atoms with Crippen LogP contribution in [0.15, 0.2) is 24.3 Å². The number of amides is 1. The SMILES string of the molecule is CCCCC/C=C\C/C=C\CCCCCCCC[C@@H]1[C@@H](C(=O)OCCN2CCCCC2)CC(=O)N1CCCCCCCCCCCC. The first-order valence-corrected chi connectivity index (χ1v) is 20.7. The monoisotopic (exact) mass is 657 g/mol. The number of allylic oxidation sites excluding steroid dienone is 4. The van der Waals surface area contributed by atoms with E-state index in [2.05, 4.69) is 48.0 Å². The number of esters is 1. The maximum atomic E-state index is 13.3. The van der Waals surface area contributed by atoms with Crippen molar-refractivity contribution in [3.05, 3.63) is 24.3 Å². The van der Waals surface area contributed by atoms with Gasteiger partial charge >= 0.3 is 5.97 Å². The van der Waals surface area contributed by atoms with Crippen LogP contribution in [0.4, 0.5) is 0 Å². The molecule has 0 radical (unpaired) electrons. The molecule has 2 heterocycles. The molecular weight excluding hydrogens is 580 g/mol. The summed E-state index contributed by atoms with van der Waals surface area (Å²) in [5.41, 5.74) is 0. The lowest BCUT2D eigenvalue weighted by atomic mass is 9.94. The molecule has 2 aliphatic rings. The second kappa shape index (κ2) is 29.3. The van der Waals surface area contributed by atoms with Crippen LogP contribution in [0, 0.1) is 5.92 Å². The summed E-state index contributed by atoms with van der Waals surface area (Å²) in [6.07, 6.45) is 42.1. The Labute approximate surface area is 291 Å². The molecule has 2 saturated heterocycles. The van der Waals surface area contributed by atoms with E-state index in [9.17, 15) is 9.59 Å². The Morgan fingerprint density at radius 3 is 1.83 bits per heavy atom. The lowest BCUT2D eigenvalue weighted by Gasteiger charge is -2.28. The third-order valence-electron chi connectivity index (χ3n) is 10.4. The first kappa shape index (κ1) is 41.6. The van der Waals surface area contributed by atoms with Gasteiger partial charge in [-0.15, -0.1) is 0 Å². The Morgan fingerprint density at radius 2 is 1.19 bits per heavy atom. The van der Waals surface area contributed by atoms with Crippen molar-refractivity contribution in [2.45, 2.75) is 193 Å². The molecule has 0 aromatic heterocycles. The summed E-state index contributed by atoms with van der Waals surface area (Å²) in [7, 11) is 0. The van der Waals surface area contributed by atoms with Crippen LogP contribution >= 0.6 is 0 Å². The molecule has 0 aromatic carbocycles. The average Bonchev–Trinajstić information content (AvgIpc) is 3.40. The Hall–Kier alpha value is -1.62. The van der Waals surface area contributed by atoms with Gasteiger partial charge in [0.05, 0.1) is 5.92 Å². The summed E-state index contributed by atoms with van der Waals surface area (Å²) >= 11 is 0. The summed E-state index contributed by atoms with van der Waals surface area (Å²) < 4.78 is 5.82.